The van der Waals surface area contributed by atoms with Crippen LogP contribution in [0.2, 0.25) is 0 Å². The van der Waals surface area contributed by atoms with E-state index >= 15 is 0 Å². The molecule has 0 aromatic carbocycles. The highest BCUT2D eigenvalue weighted by Gasteiger charge is 2.37. The number of rotatable bonds is 3. The Labute approximate surface area is 125 Å². The Morgan fingerprint density at radius 1 is 1.20 bits per heavy atom. The van der Waals surface area contributed by atoms with Gasteiger partial charge in [0.2, 0.25) is 0 Å². The molecule has 0 aromatic rings. The van der Waals surface area contributed by atoms with Crippen LogP contribution >= 0.6 is 0 Å². The molecule has 4 unspecified atom stereocenters. The monoisotopic (exact) mass is 282 g/mol. The van der Waals surface area contributed by atoms with Gasteiger partial charge in [-0.3, -0.25) is 0 Å². The van der Waals surface area contributed by atoms with Crippen LogP contribution in [0, 0.1) is 17.3 Å². The average Bonchev–Trinajstić information content (AvgIpc) is 2.73. The molecule has 2 aliphatic rings. The van der Waals surface area contributed by atoms with E-state index < -0.39 is 0 Å². The molecule has 1 aliphatic carbocycles. The first kappa shape index (κ1) is 16.3. The third-order valence-corrected chi connectivity index (χ3v) is 5.61. The third-order valence-electron chi connectivity index (χ3n) is 5.61. The zero-order valence-electron chi connectivity index (χ0n) is 14.1. The van der Waals surface area contributed by atoms with E-state index in [2.05, 4.69) is 44.7 Å². The number of aliphatic hydroxyl groups excluding tert-OH is 1. The van der Waals surface area contributed by atoms with Crippen LogP contribution < -0.4 is 0 Å². The van der Waals surface area contributed by atoms with Crippen molar-refractivity contribution in [3.63, 3.8) is 0 Å². The Morgan fingerprint density at radius 2 is 1.90 bits per heavy atom. The predicted octanol–water partition coefficient (Wildman–Crippen LogP) is 2.45. The summed E-state index contributed by atoms with van der Waals surface area (Å²) in [7, 11) is 4.43. The topological polar surface area (TPSA) is 26.7 Å². The van der Waals surface area contributed by atoms with Gasteiger partial charge in [0.25, 0.3) is 0 Å². The molecule has 0 bridgehead atoms. The van der Waals surface area contributed by atoms with Gasteiger partial charge >= 0.3 is 0 Å². The largest absolute Gasteiger partial charge is 0.391 e. The predicted molar refractivity (Wildman–Crippen MR) is 84.8 cm³/mol. The molecule has 4 atom stereocenters. The first-order chi connectivity index (χ1) is 9.27. The molecule has 1 heterocycles. The second-order valence-electron chi connectivity index (χ2n) is 8.37. The number of hydrogen-bond donors (Lipinski definition) is 1. The first-order valence-electron chi connectivity index (χ1n) is 8.34. The Balaban J connectivity index is 1.91. The van der Waals surface area contributed by atoms with Crippen LogP contribution in [-0.4, -0.2) is 60.8 Å². The molecule has 20 heavy (non-hydrogen) atoms. The van der Waals surface area contributed by atoms with Gasteiger partial charge < -0.3 is 14.9 Å². The summed E-state index contributed by atoms with van der Waals surface area (Å²) >= 11 is 0. The van der Waals surface area contributed by atoms with Gasteiger partial charge in [-0.15, -0.1) is 0 Å². The van der Waals surface area contributed by atoms with Crippen molar-refractivity contribution in [1.82, 2.24) is 9.80 Å². The standard InChI is InChI=1S/C17H34N2O/c1-17(2,3)14-6-7-16(20)15(10-14)19(5)12-13-8-9-18(4)11-13/h13-16,20H,6-12H2,1-5H3. The van der Waals surface area contributed by atoms with Crippen molar-refractivity contribution in [3.8, 4) is 0 Å². The molecule has 118 valence electrons. The molecule has 3 nitrogen and oxygen atoms in total. The molecule has 3 heteroatoms. The van der Waals surface area contributed by atoms with Crippen LogP contribution in [0.25, 0.3) is 0 Å². The van der Waals surface area contributed by atoms with E-state index in [-0.39, 0.29) is 6.10 Å². The SMILES string of the molecule is CN1CCC(CN(C)C2CC(C(C)(C)C)CCC2O)C1. The summed E-state index contributed by atoms with van der Waals surface area (Å²) < 4.78 is 0. The summed E-state index contributed by atoms with van der Waals surface area (Å²) in [6.07, 6.45) is 4.50. The molecular weight excluding hydrogens is 248 g/mol. The van der Waals surface area contributed by atoms with E-state index in [0.717, 1.165) is 31.2 Å². The summed E-state index contributed by atoms with van der Waals surface area (Å²) in [5, 5.41) is 10.4. The zero-order chi connectivity index (χ0) is 14.9. The van der Waals surface area contributed by atoms with Crippen molar-refractivity contribution in [3.05, 3.63) is 0 Å². The van der Waals surface area contributed by atoms with Crippen molar-refractivity contribution in [1.29, 1.82) is 0 Å². The zero-order valence-corrected chi connectivity index (χ0v) is 14.1. The highest BCUT2D eigenvalue weighted by atomic mass is 16.3. The average molecular weight is 282 g/mol. The second kappa shape index (κ2) is 6.33. The maximum atomic E-state index is 10.4. The van der Waals surface area contributed by atoms with Crippen LogP contribution in [0.1, 0.15) is 46.5 Å². The van der Waals surface area contributed by atoms with Gasteiger partial charge in [-0.05, 0) is 63.6 Å². The number of aliphatic hydroxyl groups is 1. The minimum atomic E-state index is -0.127. The molecule has 1 saturated carbocycles. The minimum absolute atomic E-state index is 0.127. The van der Waals surface area contributed by atoms with E-state index in [1.54, 1.807) is 0 Å². The molecule has 1 saturated heterocycles. The maximum Gasteiger partial charge on any atom is 0.0695 e. The lowest BCUT2D eigenvalue weighted by atomic mass is 9.70. The molecule has 0 radical (unpaired) electrons. The fourth-order valence-electron chi connectivity index (χ4n) is 4.11. The fourth-order valence-corrected chi connectivity index (χ4v) is 4.11. The lowest BCUT2D eigenvalue weighted by Gasteiger charge is -2.44. The van der Waals surface area contributed by atoms with Crippen LogP contribution in [0.4, 0.5) is 0 Å². The quantitative estimate of drug-likeness (QED) is 0.861. The minimum Gasteiger partial charge on any atom is -0.391 e. The van der Waals surface area contributed by atoms with Gasteiger partial charge in [-0.1, -0.05) is 20.8 Å². The van der Waals surface area contributed by atoms with Crippen LogP contribution in [0.3, 0.4) is 0 Å². The van der Waals surface area contributed by atoms with E-state index in [1.165, 1.54) is 25.9 Å². The highest BCUT2D eigenvalue weighted by molar-refractivity contribution is 4.91. The van der Waals surface area contributed by atoms with E-state index in [9.17, 15) is 5.11 Å². The van der Waals surface area contributed by atoms with Crippen molar-refractivity contribution in [2.45, 2.75) is 58.6 Å². The normalized spacial score (nSPS) is 36.8. The lowest BCUT2D eigenvalue weighted by Crippen LogP contribution is -2.49. The molecule has 0 spiro atoms. The molecule has 2 rings (SSSR count). The number of likely N-dealkylation sites (tertiary alicyclic amines) is 1. The first-order valence-corrected chi connectivity index (χ1v) is 8.34. The van der Waals surface area contributed by atoms with Crippen molar-refractivity contribution < 1.29 is 5.11 Å². The molecule has 0 aromatic heterocycles. The van der Waals surface area contributed by atoms with Gasteiger partial charge in [0.05, 0.1) is 6.10 Å². The summed E-state index contributed by atoms with van der Waals surface area (Å²) in [4.78, 5) is 4.88. The van der Waals surface area contributed by atoms with Gasteiger partial charge in [0.15, 0.2) is 0 Å². The Bertz CT molecular complexity index is 313. The lowest BCUT2D eigenvalue weighted by molar-refractivity contribution is -0.0117. The summed E-state index contributed by atoms with van der Waals surface area (Å²) in [6.45, 7) is 10.6. The Kier molecular flexibility index (Phi) is 5.14. The van der Waals surface area contributed by atoms with Gasteiger partial charge in [0, 0.05) is 19.1 Å². The summed E-state index contributed by atoms with van der Waals surface area (Å²) in [5.74, 6) is 1.52. The molecule has 0 amide bonds. The van der Waals surface area contributed by atoms with Crippen molar-refractivity contribution >= 4 is 0 Å². The Hall–Kier alpha value is -0.120. The molecule has 2 fully saturated rings. The third kappa shape index (κ3) is 3.96. The maximum absolute atomic E-state index is 10.4. The van der Waals surface area contributed by atoms with Gasteiger partial charge in [0.1, 0.15) is 0 Å². The van der Waals surface area contributed by atoms with E-state index in [4.69, 9.17) is 0 Å². The summed E-state index contributed by atoms with van der Waals surface area (Å²) in [5.41, 5.74) is 0.368. The van der Waals surface area contributed by atoms with Crippen molar-refractivity contribution in [2.24, 2.45) is 17.3 Å². The van der Waals surface area contributed by atoms with Crippen LogP contribution in [0.15, 0.2) is 0 Å². The molecule has 1 N–H and O–H groups in total. The fraction of sp³-hybridized carbons (Fsp3) is 1.00. The molecule has 1 aliphatic heterocycles. The number of likely N-dealkylation sites (N-methyl/N-ethyl adjacent to an activating group) is 1. The summed E-state index contributed by atoms with van der Waals surface area (Å²) in [6, 6.07) is 0.360. The molecular formula is C17H34N2O. The van der Waals surface area contributed by atoms with E-state index in [1.807, 2.05) is 0 Å². The van der Waals surface area contributed by atoms with Crippen molar-refractivity contribution in [2.75, 3.05) is 33.7 Å². The van der Waals surface area contributed by atoms with Crippen LogP contribution in [-0.2, 0) is 0 Å². The second-order valence-corrected chi connectivity index (χ2v) is 8.37. The van der Waals surface area contributed by atoms with E-state index in [0.29, 0.717) is 11.5 Å². The number of hydrogen-bond acceptors (Lipinski definition) is 3. The Morgan fingerprint density at radius 3 is 2.45 bits per heavy atom. The van der Waals surface area contributed by atoms with Crippen LogP contribution in [0.5, 0.6) is 0 Å². The van der Waals surface area contributed by atoms with Gasteiger partial charge in [-0.2, -0.15) is 0 Å². The number of nitrogens with zero attached hydrogens (tertiary/aromatic N) is 2. The van der Waals surface area contributed by atoms with Gasteiger partial charge in [-0.25, -0.2) is 0 Å². The highest BCUT2D eigenvalue weighted by Crippen LogP contribution is 2.39. The smallest absolute Gasteiger partial charge is 0.0695 e.